The molecule has 262 valence electrons. The molecule has 3 aromatic carbocycles. The van der Waals surface area contributed by atoms with Gasteiger partial charge in [0.2, 0.25) is 0 Å². The van der Waals surface area contributed by atoms with Gasteiger partial charge in [0.05, 0.1) is 0 Å². The molecule has 0 saturated heterocycles. The van der Waals surface area contributed by atoms with Crippen LogP contribution in [0, 0.1) is 0 Å². The summed E-state index contributed by atoms with van der Waals surface area (Å²) in [6, 6.07) is 13.4. The van der Waals surface area contributed by atoms with Gasteiger partial charge in [0.25, 0.3) is 0 Å². The third kappa shape index (κ3) is 9.21. The number of rotatable bonds is 7. The van der Waals surface area contributed by atoms with Gasteiger partial charge in [-0.3, -0.25) is 0 Å². The van der Waals surface area contributed by atoms with Crippen LogP contribution < -0.4 is 17.7 Å². The zero-order valence-electron chi connectivity index (χ0n) is 28.3. The van der Waals surface area contributed by atoms with E-state index in [4.69, 9.17) is 4.74 Å². The van der Waals surface area contributed by atoms with Crippen molar-refractivity contribution in [1.29, 1.82) is 0 Å². The number of benzene rings is 3. The molecule has 51 heavy (non-hydrogen) atoms. The number of hydrogen-bond acceptors (Lipinski definition) is 4. The van der Waals surface area contributed by atoms with Crippen molar-refractivity contribution in [3.63, 3.8) is 0 Å². The Labute approximate surface area is 325 Å². The molecule has 0 fully saturated rings. The number of nitrogens with zero attached hydrogens (tertiary/aromatic N) is 2. The van der Waals surface area contributed by atoms with Crippen molar-refractivity contribution in [2.45, 2.75) is 31.6 Å². The van der Waals surface area contributed by atoms with E-state index in [-0.39, 0.29) is 11.6 Å². The molecular weight excluding hydrogens is 1060 g/mol. The second-order valence-electron chi connectivity index (χ2n) is 12.6. The van der Waals surface area contributed by atoms with Crippen LogP contribution >= 0.6 is 0 Å². The molecule has 12 heteroatoms. The van der Waals surface area contributed by atoms with E-state index >= 15 is 0 Å². The summed E-state index contributed by atoms with van der Waals surface area (Å²) in [6.45, 7) is 0. The van der Waals surface area contributed by atoms with Crippen LogP contribution in [-0.2, 0) is 12.4 Å². The van der Waals surface area contributed by atoms with E-state index in [9.17, 15) is 31.4 Å². The summed E-state index contributed by atoms with van der Waals surface area (Å²) in [4.78, 5) is 3.92. The molecule has 0 atom stereocenters. The standard InChI is InChI=1S/C39H34F6N2O2.2Pb/c1-46(2)33-14-12-25(13-15-33)29(24-48)11-10-28-7-5-6-27(9-8-26-18-19-49-36-23-34(47(3)4)16-17-35(26)36)37(28)30-20-31(38(40,41)42)22-32(21-30)39(43,44)45;;/h8-12,14-18,20-24,48H,5-7H2,1-4H3;;/b11-10+,26-8+,27-9+,29-24-;;. The molecule has 0 unspecified atom stereocenters. The van der Waals surface area contributed by atoms with Crippen LogP contribution in [0.2, 0.25) is 0 Å². The summed E-state index contributed by atoms with van der Waals surface area (Å²) in [6.07, 6.45) is 1.39. The normalized spacial score (nSPS) is 17.2. The zero-order valence-corrected chi connectivity index (χ0v) is 36.1. The third-order valence-corrected chi connectivity index (χ3v) is 11.2. The number of aliphatic hydroxyl groups is 1. The van der Waals surface area contributed by atoms with Crippen molar-refractivity contribution in [2.75, 3.05) is 38.0 Å². The first kappa shape index (κ1) is 38.9. The summed E-state index contributed by atoms with van der Waals surface area (Å²) in [7, 11) is 7.70. The molecule has 1 aliphatic heterocycles. The van der Waals surface area contributed by atoms with Gasteiger partial charge in [0.15, 0.2) is 0 Å². The Balaban J connectivity index is 1.70. The number of allylic oxidation sites excluding steroid dienone is 10. The fourth-order valence-electron chi connectivity index (χ4n) is 5.99. The van der Waals surface area contributed by atoms with Crippen LogP contribution in [0.4, 0.5) is 37.7 Å². The topological polar surface area (TPSA) is 35.9 Å². The Hall–Kier alpha value is -3.28. The Morgan fingerprint density at radius 2 is 1.43 bits per heavy atom. The Morgan fingerprint density at radius 1 is 0.804 bits per heavy atom. The number of aliphatic hydroxyl groups excluding tert-OH is 1. The van der Waals surface area contributed by atoms with Gasteiger partial charge >= 0.3 is 328 Å². The average molecular weight is 1090 g/mol. The second-order valence-corrected chi connectivity index (χ2v) is 16.6. The maximum absolute atomic E-state index is 14.1. The summed E-state index contributed by atoms with van der Waals surface area (Å²) < 4.78 is 92.3. The SMILES string of the molecule is CN(C)c1ccc(C(=C\O)/C=C/C2=C(c3cc(C(F)(F)F)cc(C(F)(F)F)c3)C(=C/C=C3\C=[C]([Pb])Oc4cc(N(C)C)ccc43)/CCC2)[c]([Pb])c1. The van der Waals surface area contributed by atoms with Crippen LogP contribution in [0.3, 0.4) is 0 Å². The molecule has 0 amide bonds. The van der Waals surface area contributed by atoms with E-state index in [1.807, 2.05) is 86.5 Å². The zero-order chi connectivity index (χ0) is 37.2. The summed E-state index contributed by atoms with van der Waals surface area (Å²) in [5, 5.41) is 10.3. The minimum atomic E-state index is -5.00. The summed E-state index contributed by atoms with van der Waals surface area (Å²) in [5.74, 6) is 0.675. The number of alkyl halides is 6. The van der Waals surface area contributed by atoms with E-state index in [1.54, 1.807) is 18.2 Å². The van der Waals surface area contributed by atoms with E-state index in [2.05, 4.69) is 0 Å². The molecule has 0 bridgehead atoms. The molecule has 4 nitrogen and oxygen atoms in total. The second kappa shape index (κ2) is 15.8. The van der Waals surface area contributed by atoms with Crippen LogP contribution in [0.5, 0.6) is 5.75 Å². The number of halogens is 6. The molecule has 0 spiro atoms. The van der Waals surface area contributed by atoms with Crippen LogP contribution in [0.25, 0.3) is 16.7 Å². The Bertz CT molecular complexity index is 1990. The average Bonchev–Trinajstić information content (AvgIpc) is 3.06. The molecule has 6 radical (unpaired) electrons. The third-order valence-electron chi connectivity index (χ3n) is 8.61. The maximum atomic E-state index is 14.1. The van der Waals surface area contributed by atoms with Gasteiger partial charge in [0.1, 0.15) is 0 Å². The molecule has 2 aliphatic rings. The Kier molecular flexibility index (Phi) is 12.0. The molecule has 5 rings (SSSR count). The van der Waals surface area contributed by atoms with Gasteiger partial charge in [-0.1, -0.05) is 0 Å². The van der Waals surface area contributed by atoms with Gasteiger partial charge in [0, 0.05) is 0 Å². The van der Waals surface area contributed by atoms with Gasteiger partial charge in [-0.15, -0.1) is 0 Å². The number of ether oxygens (including phenoxy) is 1. The van der Waals surface area contributed by atoms with Crippen molar-refractivity contribution in [2.24, 2.45) is 0 Å². The monoisotopic (exact) mass is 1090 g/mol. The van der Waals surface area contributed by atoms with E-state index < -0.39 is 23.5 Å². The number of anilines is 2. The molecule has 3 aromatic rings. The first-order valence-corrected chi connectivity index (χ1v) is 19.8. The number of fused-ring (bicyclic) bond motifs is 1. The van der Waals surface area contributed by atoms with Gasteiger partial charge in [-0.25, -0.2) is 0 Å². The minimum absolute atomic E-state index is 0.156. The van der Waals surface area contributed by atoms with E-state index in [1.165, 1.54) is 0 Å². The predicted octanol–water partition coefficient (Wildman–Crippen LogP) is 9.16. The van der Waals surface area contributed by atoms with Crippen molar-refractivity contribution in [1.82, 2.24) is 0 Å². The molecular formula is C39H34F6N2O2Pb2. The van der Waals surface area contributed by atoms with Gasteiger partial charge in [-0.2, -0.15) is 0 Å². The van der Waals surface area contributed by atoms with Crippen molar-refractivity contribution in [3.8, 4) is 5.75 Å². The number of hydrogen-bond donors (Lipinski definition) is 1. The van der Waals surface area contributed by atoms with E-state index in [0.717, 1.165) is 52.9 Å². The molecule has 1 N–H and O–H groups in total. The molecule has 1 aliphatic carbocycles. The first-order valence-electron chi connectivity index (χ1n) is 15.9. The molecule has 1 heterocycles. The predicted molar refractivity (Wildman–Crippen MR) is 194 cm³/mol. The van der Waals surface area contributed by atoms with Crippen LogP contribution in [0.1, 0.15) is 47.1 Å². The first-order chi connectivity index (χ1) is 24.0. The van der Waals surface area contributed by atoms with Crippen LogP contribution in [0.15, 0.2) is 106 Å². The summed E-state index contributed by atoms with van der Waals surface area (Å²) in [5.41, 5.74) is 3.44. The van der Waals surface area contributed by atoms with E-state index in [0.29, 0.717) is 98.8 Å². The quantitative estimate of drug-likeness (QED) is 0.111. The van der Waals surface area contributed by atoms with Gasteiger partial charge < -0.3 is 0 Å². The molecule has 0 aromatic heterocycles. The summed E-state index contributed by atoms with van der Waals surface area (Å²) >= 11 is 1.29. The van der Waals surface area contributed by atoms with Crippen molar-refractivity contribution < 1.29 is 36.2 Å². The van der Waals surface area contributed by atoms with Crippen LogP contribution in [-0.4, -0.2) is 84.8 Å². The Morgan fingerprint density at radius 3 is 2.02 bits per heavy atom. The fourth-order valence-corrected chi connectivity index (χ4v) is 8.48. The van der Waals surface area contributed by atoms with Gasteiger partial charge in [-0.05, 0) is 0 Å². The van der Waals surface area contributed by atoms with Crippen molar-refractivity contribution in [3.05, 3.63) is 134 Å². The van der Waals surface area contributed by atoms with Crippen molar-refractivity contribution >= 4 is 82.8 Å². The fraction of sp³-hybridized carbons (Fsp3) is 0.231. The molecule has 0 saturated carbocycles.